The molecule has 0 amide bonds. The molecule has 2 aromatic rings. The van der Waals surface area contributed by atoms with E-state index in [0.717, 1.165) is 38.2 Å². The van der Waals surface area contributed by atoms with Gasteiger partial charge in [-0.05, 0) is 31.7 Å². The van der Waals surface area contributed by atoms with Crippen LogP contribution in [0.5, 0.6) is 5.75 Å². The van der Waals surface area contributed by atoms with Crippen molar-refractivity contribution in [3.63, 3.8) is 0 Å². The molecule has 0 fully saturated rings. The largest absolute Gasteiger partial charge is 0.493 e. The Labute approximate surface area is 128 Å². The fourth-order valence-corrected chi connectivity index (χ4v) is 2.55. The van der Waals surface area contributed by atoms with Crippen LogP contribution >= 0.6 is 0 Å². The molecule has 0 aliphatic heterocycles. The van der Waals surface area contributed by atoms with Crippen LogP contribution in [0, 0.1) is 0 Å². The highest BCUT2D eigenvalue weighted by molar-refractivity contribution is 5.89. The van der Waals surface area contributed by atoms with Gasteiger partial charge in [-0.1, -0.05) is 56.7 Å². The van der Waals surface area contributed by atoms with Gasteiger partial charge in [-0.3, -0.25) is 0 Å². The Morgan fingerprint density at radius 3 is 2.62 bits per heavy atom. The molecule has 1 unspecified atom stereocenters. The average Bonchev–Trinajstić information content (AvgIpc) is 2.52. The number of benzene rings is 2. The molecule has 0 saturated carbocycles. The van der Waals surface area contributed by atoms with E-state index in [1.54, 1.807) is 0 Å². The van der Waals surface area contributed by atoms with E-state index in [4.69, 9.17) is 4.74 Å². The van der Waals surface area contributed by atoms with Crippen molar-refractivity contribution < 1.29 is 4.74 Å². The van der Waals surface area contributed by atoms with Gasteiger partial charge in [-0.25, -0.2) is 0 Å². The molecular formula is C19H27NO. The average molecular weight is 285 g/mol. The van der Waals surface area contributed by atoms with Gasteiger partial charge < -0.3 is 10.1 Å². The Hall–Kier alpha value is -1.54. The van der Waals surface area contributed by atoms with Crippen molar-refractivity contribution in [3.05, 3.63) is 42.0 Å². The molecule has 2 heteroatoms. The molecule has 1 N–H and O–H groups in total. The van der Waals surface area contributed by atoms with Crippen molar-refractivity contribution in [2.24, 2.45) is 0 Å². The molecular weight excluding hydrogens is 258 g/mol. The first-order valence-electron chi connectivity index (χ1n) is 8.15. The molecule has 0 radical (unpaired) electrons. The minimum Gasteiger partial charge on any atom is -0.493 e. The molecule has 0 aromatic heterocycles. The predicted octanol–water partition coefficient (Wildman–Crippen LogP) is 5.08. The van der Waals surface area contributed by atoms with Crippen molar-refractivity contribution in [2.45, 2.75) is 46.1 Å². The zero-order chi connectivity index (χ0) is 15.1. The van der Waals surface area contributed by atoms with Gasteiger partial charge >= 0.3 is 0 Å². The zero-order valence-electron chi connectivity index (χ0n) is 13.5. The van der Waals surface area contributed by atoms with Crippen LogP contribution in [-0.2, 0) is 0 Å². The second-order valence-corrected chi connectivity index (χ2v) is 5.58. The van der Waals surface area contributed by atoms with Crippen molar-refractivity contribution in [2.75, 3.05) is 13.2 Å². The lowest BCUT2D eigenvalue weighted by Gasteiger charge is -2.20. The van der Waals surface area contributed by atoms with Gasteiger partial charge in [0, 0.05) is 17.0 Å². The Kier molecular flexibility index (Phi) is 6.06. The molecule has 2 nitrogen and oxygen atoms in total. The minimum atomic E-state index is 0.311. The summed E-state index contributed by atoms with van der Waals surface area (Å²) in [5.74, 6) is 1.05. The lowest BCUT2D eigenvalue weighted by Crippen LogP contribution is -2.20. The van der Waals surface area contributed by atoms with Crippen LogP contribution in [-0.4, -0.2) is 13.2 Å². The normalized spacial score (nSPS) is 12.5. The molecule has 0 spiro atoms. The molecule has 0 saturated heterocycles. The number of hydrogen-bond donors (Lipinski definition) is 1. The summed E-state index contributed by atoms with van der Waals surface area (Å²) in [6.45, 7) is 8.42. The van der Waals surface area contributed by atoms with E-state index in [-0.39, 0.29) is 0 Å². The van der Waals surface area contributed by atoms with Gasteiger partial charge in [-0.2, -0.15) is 0 Å². The van der Waals surface area contributed by atoms with Gasteiger partial charge in [0.15, 0.2) is 0 Å². The molecule has 0 aliphatic carbocycles. The second-order valence-electron chi connectivity index (χ2n) is 5.58. The number of hydrogen-bond acceptors (Lipinski definition) is 2. The first-order chi connectivity index (χ1) is 10.3. The number of fused-ring (bicyclic) bond motifs is 1. The van der Waals surface area contributed by atoms with Crippen molar-refractivity contribution in [1.29, 1.82) is 0 Å². The summed E-state index contributed by atoms with van der Waals surface area (Å²) in [6.07, 6.45) is 3.40. The Bertz CT molecular complexity index is 564. The maximum absolute atomic E-state index is 6.15. The number of rotatable bonds is 8. The van der Waals surface area contributed by atoms with Crippen LogP contribution in [0.4, 0.5) is 0 Å². The maximum atomic E-state index is 6.15. The summed E-state index contributed by atoms with van der Waals surface area (Å²) >= 11 is 0. The topological polar surface area (TPSA) is 21.3 Å². The van der Waals surface area contributed by atoms with Crippen LogP contribution in [0.3, 0.4) is 0 Å². The van der Waals surface area contributed by atoms with E-state index in [1.807, 2.05) is 0 Å². The third kappa shape index (κ3) is 3.98. The number of nitrogens with one attached hydrogen (secondary N) is 1. The van der Waals surface area contributed by atoms with Gasteiger partial charge in [-0.15, -0.1) is 0 Å². The Balaban J connectivity index is 2.35. The number of ether oxygens (including phenoxy) is 1. The predicted molar refractivity (Wildman–Crippen MR) is 91.1 cm³/mol. The van der Waals surface area contributed by atoms with Gasteiger partial charge in [0.25, 0.3) is 0 Å². The van der Waals surface area contributed by atoms with Crippen LogP contribution in [0.1, 0.15) is 51.6 Å². The van der Waals surface area contributed by atoms with Crippen molar-refractivity contribution >= 4 is 10.8 Å². The second kappa shape index (κ2) is 8.04. The van der Waals surface area contributed by atoms with Gasteiger partial charge in [0.2, 0.25) is 0 Å². The summed E-state index contributed by atoms with van der Waals surface area (Å²) in [6, 6.07) is 13.2. The molecule has 21 heavy (non-hydrogen) atoms. The fourth-order valence-electron chi connectivity index (χ4n) is 2.55. The zero-order valence-corrected chi connectivity index (χ0v) is 13.5. The van der Waals surface area contributed by atoms with E-state index in [1.165, 1.54) is 16.3 Å². The monoisotopic (exact) mass is 285 g/mol. The quantitative estimate of drug-likeness (QED) is 0.683. The standard InChI is InChI=1S/C19H27NO/c1-4-6-14-21-19-17(15(3)20-13-5-2)12-11-16-9-7-8-10-18(16)19/h7-12,15,20H,4-6,13-14H2,1-3H3. The van der Waals surface area contributed by atoms with Gasteiger partial charge in [0.1, 0.15) is 5.75 Å². The first kappa shape index (κ1) is 15.8. The van der Waals surface area contributed by atoms with Crippen LogP contribution in [0.2, 0.25) is 0 Å². The third-order valence-corrected chi connectivity index (χ3v) is 3.82. The fraction of sp³-hybridized carbons (Fsp3) is 0.474. The molecule has 2 aromatic carbocycles. The highest BCUT2D eigenvalue weighted by atomic mass is 16.5. The molecule has 1 atom stereocenters. The molecule has 114 valence electrons. The maximum Gasteiger partial charge on any atom is 0.131 e. The van der Waals surface area contributed by atoms with E-state index in [9.17, 15) is 0 Å². The van der Waals surface area contributed by atoms with E-state index in [0.29, 0.717) is 6.04 Å². The van der Waals surface area contributed by atoms with Gasteiger partial charge in [0.05, 0.1) is 6.61 Å². The van der Waals surface area contributed by atoms with Crippen LogP contribution < -0.4 is 10.1 Å². The Morgan fingerprint density at radius 1 is 1.05 bits per heavy atom. The minimum absolute atomic E-state index is 0.311. The number of unbranched alkanes of at least 4 members (excludes halogenated alkanes) is 1. The highest BCUT2D eigenvalue weighted by Crippen LogP contribution is 2.33. The highest BCUT2D eigenvalue weighted by Gasteiger charge is 2.14. The summed E-state index contributed by atoms with van der Waals surface area (Å²) in [5.41, 5.74) is 1.26. The molecule has 2 rings (SSSR count). The summed E-state index contributed by atoms with van der Waals surface area (Å²) in [7, 11) is 0. The summed E-state index contributed by atoms with van der Waals surface area (Å²) in [4.78, 5) is 0. The molecule has 0 bridgehead atoms. The van der Waals surface area contributed by atoms with Crippen molar-refractivity contribution in [3.8, 4) is 5.75 Å². The SMILES string of the molecule is CCCCOc1c(C(C)NCCC)ccc2ccccc12. The first-order valence-corrected chi connectivity index (χ1v) is 8.15. The molecule has 0 heterocycles. The van der Waals surface area contributed by atoms with Crippen LogP contribution in [0.15, 0.2) is 36.4 Å². The lowest BCUT2D eigenvalue weighted by atomic mass is 10.0. The van der Waals surface area contributed by atoms with E-state index < -0.39 is 0 Å². The lowest BCUT2D eigenvalue weighted by molar-refractivity contribution is 0.307. The third-order valence-electron chi connectivity index (χ3n) is 3.82. The van der Waals surface area contributed by atoms with Crippen molar-refractivity contribution in [1.82, 2.24) is 5.32 Å². The molecule has 0 aliphatic rings. The van der Waals surface area contributed by atoms with Crippen LogP contribution in [0.25, 0.3) is 10.8 Å². The smallest absolute Gasteiger partial charge is 0.131 e. The van der Waals surface area contributed by atoms with E-state index in [2.05, 4.69) is 62.5 Å². The Morgan fingerprint density at radius 2 is 1.86 bits per heavy atom. The summed E-state index contributed by atoms with van der Waals surface area (Å²) < 4.78 is 6.15. The van der Waals surface area contributed by atoms with E-state index >= 15 is 0 Å². The summed E-state index contributed by atoms with van der Waals surface area (Å²) in [5, 5.41) is 6.03.